The van der Waals surface area contributed by atoms with Gasteiger partial charge in [0.05, 0.1) is 29.3 Å². The molecule has 0 aliphatic carbocycles. The number of piperazine rings is 1. The van der Waals surface area contributed by atoms with E-state index >= 15 is 0 Å². The molecule has 0 atom stereocenters. The number of nitrogens with two attached hydrogens (primary N) is 1. The first-order valence-corrected chi connectivity index (χ1v) is 10.4. The highest BCUT2D eigenvalue weighted by Gasteiger charge is 2.18. The van der Waals surface area contributed by atoms with E-state index in [1.807, 2.05) is 25.3 Å². The third kappa shape index (κ3) is 6.01. The van der Waals surface area contributed by atoms with Crippen molar-refractivity contribution in [3.05, 3.63) is 68.6 Å². The molecule has 11 heteroatoms. The van der Waals surface area contributed by atoms with Gasteiger partial charge in [-0.25, -0.2) is 13.6 Å². The summed E-state index contributed by atoms with van der Waals surface area (Å²) in [5.41, 5.74) is 6.09. The van der Waals surface area contributed by atoms with Crippen molar-refractivity contribution in [2.45, 2.75) is 26.4 Å². The summed E-state index contributed by atoms with van der Waals surface area (Å²) in [6.07, 6.45) is -0.624. The topological polar surface area (TPSA) is 117 Å². The van der Waals surface area contributed by atoms with E-state index in [0.717, 1.165) is 43.1 Å². The first kappa shape index (κ1) is 24.1. The molecule has 0 saturated carbocycles. The van der Waals surface area contributed by atoms with Crippen molar-refractivity contribution in [1.82, 2.24) is 19.4 Å². The van der Waals surface area contributed by atoms with Crippen LogP contribution < -0.4 is 21.9 Å². The highest BCUT2D eigenvalue weighted by Crippen LogP contribution is 2.18. The monoisotopic (exact) mass is 460 g/mol. The van der Waals surface area contributed by atoms with Crippen LogP contribution in [0.5, 0.6) is 0 Å². The zero-order valence-electron chi connectivity index (χ0n) is 18.2. The van der Waals surface area contributed by atoms with Crippen molar-refractivity contribution in [3.8, 4) is 0 Å². The highest BCUT2D eigenvalue weighted by molar-refractivity contribution is 5.78. The number of H-pyrrole nitrogens is 1. The summed E-state index contributed by atoms with van der Waals surface area (Å²) in [4.78, 5) is 44.5. The molecule has 0 radical (unpaired) electrons. The molecule has 1 aliphatic heterocycles. The Morgan fingerprint density at radius 1 is 1.15 bits per heavy atom. The number of aryl methyl sites for hydroxylation is 1. The normalized spacial score (nSPS) is 14.2. The van der Waals surface area contributed by atoms with Gasteiger partial charge in [-0.15, -0.1) is 0 Å². The number of hydrogen-bond donors (Lipinski definition) is 2. The minimum Gasteiger partial charge on any atom is -0.372 e. The van der Waals surface area contributed by atoms with E-state index in [1.54, 1.807) is 12.1 Å². The Bertz CT molecular complexity index is 1200. The van der Waals surface area contributed by atoms with Gasteiger partial charge in [0.15, 0.2) is 0 Å². The quantitative estimate of drug-likeness (QED) is 0.551. The van der Waals surface area contributed by atoms with E-state index in [-0.39, 0.29) is 11.8 Å². The predicted octanol–water partition coefficient (Wildman–Crippen LogP) is 1.08. The number of hydrogen-bond acceptors (Lipinski definition) is 6. The number of benzene rings is 1. The molecule has 2 aromatic heterocycles. The molecule has 1 aliphatic rings. The van der Waals surface area contributed by atoms with Crippen LogP contribution in [-0.4, -0.2) is 58.4 Å². The van der Waals surface area contributed by atoms with Gasteiger partial charge in [0.2, 0.25) is 6.41 Å². The largest absolute Gasteiger partial charge is 0.372 e. The molecular weight excluding hydrogens is 434 g/mol. The van der Waals surface area contributed by atoms with Crippen LogP contribution in [0.1, 0.15) is 11.3 Å². The lowest BCUT2D eigenvalue weighted by molar-refractivity contribution is -0.106. The fraction of sp³-hybridized carbons (Fsp3) is 0.364. The molecule has 176 valence electrons. The number of halogens is 2. The number of pyridine rings is 1. The molecule has 1 saturated heterocycles. The Hall–Kier alpha value is -3.60. The standard InChI is InChI=1S/C21H23F2N5O2.CH3NO/c1-14-2-4-16(11-24-14)27-8-6-26(7-9-27)12-15-3-5-17-18(10-15)25-21(30)28(20(17)29)13-19(22)23;2-1-3/h2-5,10-11,19H,6-9,12-13H2,1H3,(H,25,30);1H,(H2,2,3). The maximum Gasteiger partial charge on any atom is 0.329 e. The number of primary amides is 1. The molecule has 0 bridgehead atoms. The molecule has 33 heavy (non-hydrogen) atoms. The zero-order valence-corrected chi connectivity index (χ0v) is 18.2. The Labute approximate surface area is 188 Å². The maximum absolute atomic E-state index is 12.6. The smallest absolute Gasteiger partial charge is 0.329 e. The van der Waals surface area contributed by atoms with Crippen molar-refractivity contribution in [1.29, 1.82) is 0 Å². The molecular formula is C22H26F2N6O3. The van der Waals surface area contributed by atoms with Crippen LogP contribution in [0.25, 0.3) is 10.9 Å². The third-order valence-electron chi connectivity index (χ3n) is 5.41. The van der Waals surface area contributed by atoms with Crippen LogP contribution >= 0.6 is 0 Å². The summed E-state index contributed by atoms with van der Waals surface area (Å²) in [7, 11) is 0. The second-order valence-electron chi connectivity index (χ2n) is 7.67. The molecule has 0 spiro atoms. The minimum absolute atomic E-state index is 0.232. The Morgan fingerprint density at radius 3 is 2.45 bits per heavy atom. The van der Waals surface area contributed by atoms with Gasteiger partial charge >= 0.3 is 5.69 Å². The van der Waals surface area contributed by atoms with Crippen LogP contribution in [0.3, 0.4) is 0 Å². The van der Waals surface area contributed by atoms with Crippen molar-refractivity contribution in [2.75, 3.05) is 31.1 Å². The number of fused-ring (bicyclic) bond motifs is 1. The lowest BCUT2D eigenvalue weighted by atomic mass is 10.1. The zero-order chi connectivity index (χ0) is 24.0. The van der Waals surface area contributed by atoms with E-state index in [1.165, 1.54) is 0 Å². The molecule has 1 aromatic carbocycles. The molecule has 0 unspecified atom stereocenters. The summed E-state index contributed by atoms with van der Waals surface area (Å²) in [6, 6.07) is 9.25. The number of alkyl halides is 2. The van der Waals surface area contributed by atoms with Crippen molar-refractivity contribution in [2.24, 2.45) is 5.73 Å². The highest BCUT2D eigenvalue weighted by atomic mass is 19.3. The summed E-state index contributed by atoms with van der Waals surface area (Å²) < 4.78 is 25.8. The lowest BCUT2D eigenvalue weighted by Gasteiger charge is -2.36. The Kier molecular flexibility index (Phi) is 7.88. The average Bonchev–Trinajstić information content (AvgIpc) is 2.78. The van der Waals surface area contributed by atoms with E-state index in [9.17, 15) is 18.4 Å². The number of amides is 1. The van der Waals surface area contributed by atoms with Crippen molar-refractivity contribution >= 4 is 23.0 Å². The number of nitrogens with zero attached hydrogens (tertiary/aromatic N) is 4. The number of nitrogens with one attached hydrogen (secondary N) is 1. The summed E-state index contributed by atoms with van der Waals surface area (Å²) in [5, 5.41) is 0.232. The second kappa shape index (κ2) is 10.8. The van der Waals surface area contributed by atoms with Gasteiger partial charge in [0.25, 0.3) is 12.0 Å². The van der Waals surface area contributed by atoms with Crippen LogP contribution in [-0.2, 0) is 17.9 Å². The number of rotatable bonds is 5. The van der Waals surface area contributed by atoms with Crippen LogP contribution in [0.4, 0.5) is 14.5 Å². The SMILES string of the molecule is Cc1ccc(N2CCN(Cc3ccc4c(=O)n(CC(F)F)c(=O)[nH]c4c3)CC2)cn1.NC=O. The molecule has 4 rings (SSSR count). The predicted molar refractivity (Wildman–Crippen MR) is 122 cm³/mol. The average molecular weight is 460 g/mol. The van der Waals surface area contributed by atoms with Crippen LogP contribution in [0, 0.1) is 6.92 Å². The van der Waals surface area contributed by atoms with Crippen molar-refractivity contribution < 1.29 is 13.6 Å². The number of aromatic amines is 1. The van der Waals surface area contributed by atoms with Gasteiger partial charge in [-0.3, -0.25) is 24.0 Å². The van der Waals surface area contributed by atoms with Crippen molar-refractivity contribution in [3.63, 3.8) is 0 Å². The van der Waals surface area contributed by atoms with Gasteiger partial charge in [-0.1, -0.05) is 6.07 Å². The van der Waals surface area contributed by atoms with Crippen LogP contribution in [0.15, 0.2) is 46.1 Å². The maximum atomic E-state index is 12.6. The van der Waals surface area contributed by atoms with Gasteiger partial charge in [-0.05, 0) is 36.8 Å². The second-order valence-corrected chi connectivity index (χ2v) is 7.67. The number of carbonyl (C=O) groups excluding carboxylic acids is 1. The Morgan fingerprint density at radius 2 is 1.85 bits per heavy atom. The first-order valence-electron chi connectivity index (χ1n) is 10.4. The van der Waals surface area contributed by atoms with E-state index < -0.39 is 24.2 Å². The van der Waals surface area contributed by atoms with E-state index in [2.05, 4.69) is 31.6 Å². The Balaban J connectivity index is 0.000000968. The first-order chi connectivity index (χ1) is 15.8. The number of anilines is 1. The van der Waals surface area contributed by atoms with Gasteiger partial charge in [0.1, 0.15) is 0 Å². The summed E-state index contributed by atoms with van der Waals surface area (Å²) in [5.74, 6) is 0. The summed E-state index contributed by atoms with van der Waals surface area (Å²) in [6.45, 7) is 5.25. The van der Waals surface area contributed by atoms with Gasteiger partial charge in [0, 0.05) is 38.4 Å². The molecule has 9 nitrogen and oxygen atoms in total. The third-order valence-corrected chi connectivity index (χ3v) is 5.41. The molecule has 3 heterocycles. The molecule has 1 fully saturated rings. The number of aromatic nitrogens is 3. The van der Waals surface area contributed by atoms with Gasteiger partial charge < -0.3 is 15.6 Å². The van der Waals surface area contributed by atoms with Crippen LogP contribution in [0.2, 0.25) is 0 Å². The summed E-state index contributed by atoms with van der Waals surface area (Å²) >= 11 is 0. The lowest BCUT2D eigenvalue weighted by Crippen LogP contribution is -2.46. The minimum atomic E-state index is -2.77. The van der Waals surface area contributed by atoms with E-state index in [4.69, 9.17) is 4.79 Å². The molecule has 3 N–H and O–H groups in total. The number of carbonyl (C=O) groups is 1. The molecule has 1 amide bonds. The fourth-order valence-electron chi connectivity index (χ4n) is 3.77. The van der Waals surface area contributed by atoms with Gasteiger partial charge in [-0.2, -0.15) is 0 Å². The fourth-order valence-corrected chi connectivity index (χ4v) is 3.77. The molecule has 3 aromatic rings. The van der Waals surface area contributed by atoms with E-state index in [0.29, 0.717) is 16.6 Å².